The number of benzene rings is 2. The zero-order valence-electron chi connectivity index (χ0n) is 20.5. The molecule has 0 amide bonds. The second-order valence-corrected chi connectivity index (χ2v) is 10.3. The number of hydrogen-bond donors (Lipinski definition) is 1. The van der Waals surface area contributed by atoms with E-state index in [0.29, 0.717) is 41.2 Å². The number of aryl methyl sites for hydroxylation is 1. The van der Waals surface area contributed by atoms with Gasteiger partial charge in [-0.2, -0.15) is 13.2 Å². The van der Waals surface area contributed by atoms with Crippen molar-refractivity contribution >= 4 is 28.6 Å². The fraction of sp³-hybridized carbons (Fsp3) is 0.444. The van der Waals surface area contributed by atoms with Crippen molar-refractivity contribution in [1.82, 2.24) is 0 Å². The maximum Gasteiger partial charge on any atom is 0.416 e. The van der Waals surface area contributed by atoms with Crippen molar-refractivity contribution in [3.63, 3.8) is 0 Å². The standard InChI is InChI=1S/C27H30F3NO4S/c1-4-5-19-14-18(8-12-22(19)35-15-24(33)34)21(32)11-13-23-25(16(2)3)31-26(36-23)17-6-9-20(10-7-17)27(28,29)30/h6-10,12,14,16,23,25H,4-5,11,13,15H2,1-3H3,(H,33,34). The van der Waals surface area contributed by atoms with Crippen LogP contribution in [-0.4, -0.2) is 39.8 Å². The highest BCUT2D eigenvalue weighted by Gasteiger charge is 2.34. The first-order chi connectivity index (χ1) is 17.0. The maximum atomic E-state index is 13.0. The predicted octanol–water partition coefficient (Wildman–Crippen LogP) is 6.67. The molecule has 0 saturated heterocycles. The normalized spacial score (nSPS) is 17.8. The quantitative estimate of drug-likeness (QED) is 0.334. The van der Waals surface area contributed by atoms with Gasteiger partial charge in [-0.25, -0.2) is 4.79 Å². The number of halogens is 3. The number of aliphatic carboxylic acids is 1. The molecule has 0 bridgehead atoms. The lowest BCUT2D eigenvalue weighted by Crippen LogP contribution is -2.24. The van der Waals surface area contributed by atoms with E-state index in [2.05, 4.69) is 0 Å². The van der Waals surface area contributed by atoms with Crippen molar-refractivity contribution in [2.45, 2.75) is 63.9 Å². The summed E-state index contributed by atoms with van der Waals surface area (Å²) in [6.07, 6.45) is -2.02. The minimum Gasteiger partial charge on any atom is -0.482 e. The van der Waals surface area contributed by atoms with Crippen LogP contribution < -0.4 is 4.74 Å². The van der Waals surface area contributed by atoms with Gasteiger partial charge in [0, 0.05) is 22.8 Å². The zero-order chi connectivity index (χ0) is 26.5. The molecule has 36 heavy (non-hydrogen) atoms. The Bertz CT molecular complexity index is 1110. The average molecular weight is 522 g/mol. The molecule has 194 valence electrons. The molecule has 2 atom stereocenters. The summed E-state index contributed by atoms with van der Waals surface area (Å²) in [4.78, 5) is 28.6. The topological polar surface area (TPSA) is 76.0 Å². The Morgan fingerprint density at radius 3 is 2.42 bits per heavy atom. The number of carbonyl (C=O) groups excluding carboxylic acids is 1. The van der Waals surface area contributed by atoms with Crippen LogP contribution in [0.5, 0.6) is 5.75 Å². The van der Waals surface area contributed by atoms with E-state index in [1.54, 1.807) is 18.2 Å². The summed E-state index contributed by atoms with van der Waals surface area (Å²) >= 11 is 1.51. The molecule has 0 fully saturated rings. The van der Waals surface area contributed by atoms with Crippen LogP contribution in [0.15, 0.2) is 47.5 Å². The lowest BCUT2D eigenvalue weighted by molar-refractivity contribution is -0.139. The molecular formula is C27H30F3NO4S. The van der Waals surface area contributed by atoms with Crippen LogP contribution in [-0.2, 0) is 17.4 Å². The molecule has 3 rings (SSSR count). The van der Waals surface area contributed by atoms with Crippen LogP contribution in [0.25, 0.3) is 0 Å². The van der Waals surface area contributed by atoms with Crippen molar-refractivity contribution in [2.24, 2.45) is 10.9 Å². The number of thioether (sulfide) groups is 1. The minimum absolute atomic E-state index is 0.0248. The number of ether oxygens (including phenoxy) is 1. The van der Waals surface area contributed by atoms with E-state index >= 15 is 0 Å². The van der Waals surface area contributed by atoms with E-state index in [4.69, 9.17) is 14.8 Å². The van der Waals surface area contributed by atoms with Crippen molar-refractivity contribution in [3.05, 3.63) is 64.7 Å². The smallest absolute Gasteiger partial charge is 0.416 e. The molecule has 2 unspecified atom stereocenters. The third-order valence-electron chi connectivity index (χ3n) is 5.96. The fourth-order valence-corrected chi connectivity index (χ4v) is 5.62. The largest absolute Gasteiger partial charge is 0.482 e. The number of hydrogen-bond acceptors (Lipinski definition) is 5. The number of carboxylic acids is 1. The second kappa shape index (κ2) is 12.0. The summed E-state index contributed by atoms with van der Waals surface area (Å²) < 4.78 is 44.1. The molecule has 0 saturated carbocycles. The van der Waals surface area contributed by atoms with Gasteiger partial charge in [0.2, 0.25) is 0 Å². The van der Waals surface area contributed by atoms with Gasteiger partial charge in [0.05, 0.1) is 16.6 Å². The van der Waals surface area contributed by atoms with Crippen molar-refractivity contribution < 1.29 is 32.6 Å². The number of carboxylic acid groups (broad SMARTS) is 1. The van der Waals surface area contributed by atoms with Gasteiger partial charge in [0.1, 0.15) is 5.75 Å². The van der Waals surface area contributed by atoms with Gasteiger partial charge < -0.3 is 9.84 Å². The monoisotopic (exact) mass is 521 g/mol. The van der Waals surface area contributed by atoms with Crippen LogP contribution in [0, 0.1) is 5.92 Å². The molecule has 0 aliphatic carbocycles. The summed E-state index contributed by atoms with van der Waals surface area (Å²) in [5, 5.41) is 9.61. The van der Waals surface area contributed by atoms with Crippen molar-refractivity contribution in [3.8, 4) is 5.75 Å². The molecule has 1 heterocycles. The van der Waals surface area contributed by atoms with Gasteiger partial charge in [-0.05, 0) is 54.7 Å². The summed E-state index contributed by atoms with van der Waals surface area (Å²) in [6.45, 7) is 5.64. The van der Waals surface area contributed by atoms with Crippen molar-refractivity contribution in [2.75, 3.05) is 6.61 Å². The molecule has 2 aromatic rings. The first kappa shape index (κ1) is 27.8. The molecule has 5 nitrogen and oxygen atoms in total. The summed E-state index contributed by atoms with van der Waals surface area (Å²) in [5.41, 5.74) is 1.30. The predicted molar refractivity (Wildman–Crippen MR) is 135 cm³/mol. The molecule has 0 aromatic heterocycles. The molecule has 9 heteroatoms. The van der Waals surface area contributed by atoms with E-state index in [-0.39, 0.29) is 23.0 Å². The lowest BCUT2D eigenvalue weighted by atomic mass is 9.95. The molecular weight excluding hydrogens is 491 g/mol. The number of aliphatic imine (C=N–C) groups is 1. The Hall–Kier alpha value is -2.81. The molecule has 1 aliphatic rings. The highest BCUT2D eigenvalue weighted by molar-refractivity contribution is 8.15. The number of nitrogens with zero attached hydrogens (tertiary/aromatic N) is 1. The first-order valence-corrected chi connectivity index (χ1v) is 12.8. The van der Waals surface area contributed by atoms with Gasteiger partial charge in [-0.15, -0.1) is 11.8 Å². The number of rotatable bonds is 11. The van der Waals surface area contributed by atoms with Crippen LogP contribution in [0.2, 0.25) is 0 Å². The molecule has 2 aromatic carbocycles. The van der Waals surface area contributed by atoms with Crippen LogP contribution in [0.4, 0.5) is 13.2 Å². The van der Waals surface area contributed by atoms with Gasteiger partial charge in [-0.3, -0.25) is 9.79 Å². The van der Waals surface area contributed by atoms with E-state index < -0.39 is 24.3 Å². The Morgan fingerprint density at radius 1 is 1.14 bits per heavy atom. The molecule has 1 aliphatic heterocycles. The Labute approximate surface area is 213 Å². The number of ketones is 1. The van der Waals surface area contributed by atoms with E-state index in [9.17, 15) is 22.8 Å². The van der Waals surface area contributed by atoms with E-state index in [1.165, 1.54) is 23.9 Å². The highest BCUT2D eigenvalue weighted by Crippen LogP contribution is 2.38. The third-order valence-corrected chi connectivity index (χ3v) is 7.34. The summed E-state index contributed by atoms with van der Waals surface area (Å²) in [7, 11) is 0. The Kier molecular flexibility index (Phi) is 9.22. The molecule has 1 N–H and O–H groups in total. The first-order valence-electron chi connectivity index (χ1n) is 11.9. The summed E-state index contributed by atoms with van der Waals surface area (Å²) in [5.74, 6) is -0.407. The molecule has 0 radical (unpaired) electrons. The minimum atomic E-state index is -4.38. The van der Waals surface area contributed by atoms with Crippen LogP contribution in [0.1, 0.15) is 67.1 Å². The average Bonchev–Trinajstić information content (AvgIpc) is 3.26. The lowest BCUT2D eigenvalue weighted by Gasteiger charge is -2.20. The van der Waals surface area contributed by atoms with Crippen LogP contribution >= 0.6 is 11.8 Å². The van der Waals surface area contributed by atoms with Gasteiger partial charge in [0.25, 0.3) is 0 Å². The highest BCUT2D eigenvalue weighted by atomic mass is 32.2. The Balaban J connectivity index is 1.68. The fourth-order valence-electron chi connectivity index (χ4n) is 4.13. The summed E-state index contributed by atoms with van der Waals surface area (Å²) in [6, 6.07) is 10.1. The molecule has 0 spiro atoms. The number of carbonyl (C=O) groups is 2. The van der Waals surface area contributed by atoms with Crippen LogP contribution in [0.3, 0.4) is 0 Å². The van der Waals surface area contributed by atoms with E-state index in [0.717, 1.165) is 24.1 Å². The van der Waals surface area contributed by atoms with E-state index in [1.807, 2.05) is 20.8 Å². The number of Topliss-reactive ketones (excluding diaryl/α,β-unsaturated/α-hetero) is 1. The maximum absolute atomic E-state index is 13.0. The zero-order valence-corrected chi connectivity index (χ0v) is 21.3. The van der Waals surface area contributed by atoms with Gasteiger partial charge >= 0.3 is 12.1 Å². The number of alkyl halides is 3. The SMILES string of the molecule is CCCc1cc(C(=O)CCC2SC(c3ccc(C(F)(F)F)cc3)=NC2C(C)C)ccc1OCC(=O)O. The van der Waals surface area contributed by atoms with Crippen molar-refractivity contribution in [1.29, 1.82) is 0 Å². The van der Waals surface area contributed by atoms with Gasteiger partial charge in [-0.1, -0.05) is 39.3 Å². The second-order valence-electron chi connectivity index (χ2n) is 9.12. The third kappa shape index (κ3) is 7.12. The van der Waals surface area contributed by atoms with Gasteiger partial charge in [0.15, 0.2) is 12.4 Å². The Morgan fingerprint density at radius 2 is 1.83 bits per heavy atom.